The van der Waals surface area contributed by atoms with Gasteiger partial charge in [0.25, 0.3) is 0 Å². The van der Waals surface area contributed by atoms with Crippen LogP contribution < -0.4 is 5.46 Å². The highest BCUT2D eigenvalue weighted by molar-refractivity contribution is 6.58. The van der Waals surface area contributed by atoms with Crippen LogP contribution in [0, 0.1) is 23.7 Å². The van der Waals surface area contributed by atoms with Crippen molar-refractivity contribution in [3.8, 4) is 22.3 Å². The van der Waals surface area contributed by atoms with Crippen LogP contribution in [0.2, 0.25) is 0 Å². The summed E-state index contributed by atoms with van der Waals surface area (Å²) < 4.78 is 0. The standard InChI is InChI=1S/C32H29BO2/c34-33(35)26-9-5-21(6-10-26)23-8-11-28-29-12-7-22-3-1-2-4-27(22)31(29)32(30(28)18-23)24-14-19-13-20(16-24)17-25(32)15-19/h1-12,18-20,24-25,34-35H,13-17H2. The molecule has 0 radical (unpaired) electrons. The van der Waals surface area contributed by atoms with Gasteiger partial charge in [0.1, 0.15) is 0 Å². The van der Waals surface area contributed by atoms with Crippen LogP contribution in [0.4, 0.5) is 0 Å². The Morgan fingerprint density at radius 3 is 2.03 bits per heavy atom. The molecule has 35 heavy (non-hydrogen) atoms. The highest BCUT2D eigenvalue weighted by atomic mass is 16.4. The first-order valence-electron chi connectivity index (χ1n) is 13.3. The van der Waals surface area contributed by atoms with Crippen molar-refractivity contribution < 1.29 is 10.0 Å². The van der Waals surface area contributed by atoms with E-state index in [2.05, 4.69) is 54.6 Å². The van der Waals surface area contributed by atoms with Crippen LogP contribution in [-0.2, 0) is 5.41 Å². The first kappa shape index (κ1) is 20.3. The molecule has 0 amide bonds. The summed E-state index contributed by atoms with van der Waals surface area (Å²) in [6, 6.07) is 28.6. The van der Waals surface area contributed by atoms with Gasteiger partial charge in [0.05, 0.1) is 0 Å². The van der Waals surface area contributed by atoms with Gasteiger partial charge in [-0.25, -0.2) is 0 Å². The zero-order chi connectivity index (χ0) is 23.3. The maximum atomic E-state index is 9.54. The number of hydrogen-bond donors (Lipinski definition) is 2. The van der Waals surface area contributed by atoms with Crippen LogP contribution in [0.1, 0.15) is 43.2 Å². The molecular formula is C32H29BO2. The number of fused-ring (bicyclic) bond motifs is 5. The first-order valence-corrected chi connectivity index (χ1v) is 13.3. The Morgan fingerprint density at radius 2 is 1.31 bits per heavy atom. The van der Waals surface area contributed by atoms with Gasteiger partial charge in [0, 0.05) is 5.41 Å². The fourth-order valence-corrected chi connectivity index (χ4v) is 9.00. The Morgan fingerprint density at radius 1 is 0.657 bits per heavy atom. The van der Waals surface area contributed by atoms with E-state index in [1.807, 2.05) is 24.3 Å². The van der Waals surface area contributed by atoms with E-state index in [1.165, 1.54) is 59.6 Å². The number of rotatable bonds is 2. The van der Waals surface area contributed by atoms with Gasteiger partial charge in [-0.15, -0.1) is 0 Å². The predicted octanol–water partition coefficient (Wildman–Crippen LogP) is 5.91. The summed E-state index contributed by atoms with van der Waals surface area (Å²) in [7, 11) is -1.43. The molecule has 0 atom stereocenters. The zero-order valence-corrected chi connectivity index (χ0v) is 19.8. The number of benzene rings is 4. The van der Waals surface area contributed by atoms with Crippen molar-refractivity contribution >= 4 is 23.4 Å². The van der Waals surface area contributed by atoms with Gasteiger partial charge in [0.15, 0.2) is 0 Å². The van der Waals surface area contributed by atoms with E-state index in [-0.39, 0.29) is 5.41 Å². The SMILES string of the molecule is OB(O)c1ccc(-c2ccc3c(c2)C2(c4c-3ccc3ccccc43)C3CC4CC(C3)CC2C4)cc1. The van der Waals surface area contributed by atoms with Gasteiger partial charge in [0.2, 0.25) is 0 Å². The molecule has 0 unspecified atom stereocenters. The van der Waals surface area contributed by atoms with E-state index < -0.39 is 7.12 Å². The van der Waals surface area contributed by atoms with Crippen molar-refractivity contribution in [3.63, 3.8) is 0 Å². The molecule has 3 heteroatoms. The van der Waals surface area contributed by atoms with Crippen LogP contribution >= 0.6 is 0 Å². The lowest BCUT2D eigenvalue weighted by molar-refractivity contribution is -0.0393. The third kappa shape index (κ3) is 2.63. The van der Waals surface area contributed by atoms with Crippen molar-refractivity contribution in [2.75, 3.05) is 0 Å². The molecule has 9 rings (SSSR count). The van der Waals surface area contributed by atoms with Gasteiger partial charge < -0.3 is 10.0 Å². The Balaban J connectivity index is 1.39. The summed E-state index contributed by atoms with van der Waals surface area (Å²) in [5.41, 5.74) is 9.09. The van der Waals surface area contributed by atoms with E-state index in [1.54, 1.807) is 11.1 Å². The normalized spacial score (nSPS) is 29.5. The summed E-state index contributed by atoms with van der Waals surface area (Å²) >= 11 is 0. The summed E-state index contributed by atoms with van der Waals surface area (Å²) in [5, 5.41) is 21.9. The summed E-state index contributed by atoms with van der Waals surface area (Å²) in [6.07, 6.45) is 6.97. The number of hydrogen-bond acceptors (Lipinski definition) is 2. The molecule has 4 fully saturated rings. The lowest BCUT2D eigenvalue weighted by Gasteiger charge is -2.61. The Bertz CT molecular complexity index is 1460. The molecule has 0 heterocycles. The summed E-state index contributed by atoms with van der Waals surface area (Å²) in [5.74, 6) is 3.30. The smallest absolute Gasteiger partial charge is 0.423 e. The summed E-state index contributed by atoms with van der Waals surface area (Å²) in [4.78, 5) is 0. The van der Waals surface area contributed by atoms with Gasteiger partial charge in [-0.05, 0) is 111 Å². The van der Waals surface area contributed by atoms with Gasteiger partial charge in [-0.2, -0.15) is 0 Å². The van der Waals surface area contributed by atoms with Gasteiger partial charge in [-0.1, -0.05) is 72.8 Å². The maximum absolute atomic E-state index is 9.54. The molecule has 0 saturated heterocycles. The monoisotopic (exact) mass is 456 g/mol. The molecule has 2 N–H and O–H groups in total. The van der Waals surface area contributed by atoms with Crippen LogP contribution in [-0.4, -0.2) is 17.2 Å². The topological polar surface area (TPSA) is 40.5 Å². The molecule has 172 valence electrons. The van der Waals surface area contributed by atoms with Crippen molar-refractivity contribution in [2.45, 2.75) is 37.5 Å². The third-order valence-corrected chi connectivity index (χ3v) is 10.1. The third-order valence-electron chi connectivity index (χ3n) is 10.1. The average Bonchev–Trinajstić information content (AvgIpc) is 3.18. The molecular weight excluding hydrogens is 427 g/mol. The second-order valence-corrected chi connectivity index (χ2v) is 11.6. The quantitative estimate of drug-likeness (QED) is 0.368. The van der Waals surface area contributed by atoms with E-state index in [9.17, 15) is 10.0 Å². The predicted molar refractivity (Wildman–Crippen MR) is 142 cm³/mol. The molecule has 2 nitrogen and oxygen atoms in total. The molecule has 1 spiro atoms. The van der Waals surface area contributed by atoms with Crippen molar-refractivity contribution in [1.29, 1.82) is 0 Å². The molecule has 4 bridgehead atoms. The van der Waals surface area contributed by atoms with Crippen LogP contribution in [0.25, 0.3) is 33.0 Å². The van der Waals surface area contributed by atoms with E-state index in [0.717, 1.165) is 29.2 Å². The van der Waals surface area contributed by atoms with Crippen LogP contribution in [0.3, 0.4) is 0 Å². The minimum Gasteiger partial charge on any atom is -0.423 e. The zero-order valence-electron chi connectivity index (χ0n) is 19.8. The Kier molecular flexibility index (Phi) is 4.12. The van der Waals surface area contributed by atoms with Crippen LogP contribution in [0.5, 0.6) is 0 Å². The Hall–Kier alpha value is -2.88. The molecule has 5 aliphatic carbocycles. The van der Waals surface area contributed by atoms with E-state index >= 15 is 0 Å². The second kappa shape index (κ2) is 7.09. The molecule has 0 aromatic heterocycles. The maximum Gasteiger partial charge on any atom is 0.488 e. The molecule has 4 aromatic rings. The van der Waals surface area contributed by atoms with Crippen molar-refractivity contribution in [2.24, 2.45) is 23.7 Å². The highest BCUT2D eigenvalue weighted by Crippen LogP contribution is 2.70. The fraction of sp³-hybridized carbons (Fsp3) is 0.312. The molecule has 5 aliphatic rings. The van der Waals surface area contributed by atoms with E-state index in [0.29, 0.717) is 5.46 Å². The fourth-order valence-electron chi connectivity index (χ4n) is 9.00. The van der Waals surface area contributed by atoms with Crippen molar-refractivity contribution in [3.05, 3.63) is 90.0 Å². The Labute approximate surface area is 206 Å². The largest absolute Gasteiger partial charge is 0.488 e. The lowest BCUT2D eigenvalue weighted by Crippen LogP contribution is -2.55. The average molecular weight is 456 g/mol. The van der Waals surface area contributed by atoms with Crippen molar-refractivity contribution in [1.82, 2.24) is 0 Å². The molecule has 4 aromatic carbocycles. The molecule has 4 saturated carbocycles. The lowest BCUT2D eigenvalue weighted by atomic mass is 9.43. The van der Waals surface area contributed by atoms with Gasteiger partial charge in [-0.3, -0.25) is 0 Å². The minimum absolute atomic E-state index is 0.121. The van der Waals surface area contributed by atoms with Gasteiger partial charge >= 0.3 is 7.12 Å². The van der Waals surface area contributed by atoms with E-state index in [4.69, 9.17) is 0 Å². The minimum atomic E-state index is -1.43. The van der Waals surface area contributed by atoms with Crippen LogP contribution in [0.15, 0.2) is 78.9 Å². The first-order chi connectivity index (χ1) is 17.1. The highest BCUT2D eigenvalue weighted by Gasteiger charge is 2.62. The summed E-state index contributed by atoms with van der Waals surface area (Å²) in [6.45, 7) is 0. The molecule has 0 aliphatic heterocycles. The second-order valence-electron chi connectivity index (χ2n) is 11.6.